The van der Waals surface area contributed by atoms with E-state index in [9.17, 15) is 4.79 Å². The van der Waals surface area contributed by atoms with Crippen molar-refractivity contribution in [3.63, 3.8) is 0 Å². The number of hydrogen-bond donors (Lipinski definition) is 0. The van der Waals surface area contributed by atoms with Crippen LogP contribution in [-0.2, 0) is 10.6 Å². The van der Waals surface area contributed by atoms with Crippen molar-refractivity contribution < 1.29 is 9.53 Å². The maximum atomic E-state index is 11.3. The molecule has 0 amide bonds. The molecule has 1 aromatic rings. The highest BCUT2D eigenvalue weighted by Gasteiger charge is 2.09. The summed E-state index contributed by atoms with van der Waals surface area (Å²) in [7, 11) is 0. The van der Waals surface area contributed by atoms with E-state index in [1.165, 1.54) is 0 Å². The average Bonchev–Trinajstić information content (AvgIpc) is 2.17. The van der Waals surface area contributed by atoms with Gasteiger partial charge in [-0.15, -0.1) is 11.6 Å². The van der Waals surface area contributed by atoms with Gasteiger partial charge in [-0.3, -0.25) is 0 Å². The van der Waals surface area contributed by atoms with Crippen molar-refractivity contribution in [2.75, 3.05) is 0 Å². The molecule has 14 heavy (non-hydrogen) atoms. The number of hydrogen-bond acceptors (Lipinski definition) is 3. The van der Waals surface area contributed by atoms with E-state index in [4.69, 9.17) is 16.3 Å². The van der Waals surface area contributed by atoms with Gasteiger partial charge in [-0.1, -0.05) is 6.07 Å². The molecule has 4 heteroatoms. The molecule has 0 saturated heterocycles. The molecule has 0 aliphatic rings. The first kappa shape index (κ1) is 11.0. The molecule has 0 spiro atoms. The van der Waals surface area contributed by atoms with Crippen molar-refractivity contribution in [3.05, 3.63) is 29.6 Å². The van der Waals surface area contributed by atoms with E-state index in [-0.39, 0.29) is 6.10 Å². The Balaban J connectivity index is 2.71. The zero-order valence-electron chi connectivity index (χ0n) is 8.16. The fourth-order valence-electron chi connectivity index (χ4n) is 0.899. The largest absolute Gasteiger partial charge is 0.458 e. The minimum Gasteiger partial charge on any atom is -0.458 e. The second-order valence-corrected chi connectivity index (χ2v) is 3.41. The fourth-order valence-corrected chi connectivity index (χ4v) is 1.06. The maximum Gasteiger partial charge on any atom is 0.357 e. The van der Waals surface area contributed by atoms with E-state index in [0.717, 1.165) is 5.56 Å². The van der Waals surface area contributed by atoms with Gasteiger partial charge >= 0.3 is 5.97 Å². The molecule has 0 radical (unpaired) electrons. The number of halogens is 1. The van der Waals surface area contributed by atoms with Gasteiger partial charge in [0, 0.05) is 12.1 Å². The van der Waals surface area contributed by atoms with Crippen molar-refractivity contribution >= 4 is 17.6 Å². The van der Waals surface area contributed by atoms with Crippen molar-refractivity contribution in [1.29, 1.82) is 0 Å². The Hall–Kier alpha value is -1.09. The number of carbonyl (C=O) groups is 1. The molecule has 1 heterocycles. The zero-order chi connectivity index (χ0) is 10.6. The predicted octanol–water partition coefficient (Wildman–Crippen LogP) is 2.39. The molecule has 0 fully saturated rings. The van der Waals surface area contributed by atoms with Crippen molar-refractivity contribution in [1.82, 2.24) is 4.98 Å². The molecule has 0 aliphatic carbocycles. The minimum atomic E-state index is -0.402. The lowest BCUT2D eigenvalue weighted by molar-refractivity contribution is 0.0371. The predicted molar refractivity (Wildman–Crippen MR) is 54.3 cm³/mol. The molecule has 0 aromatic carbocycles. The molecule has 0 N–H and O–H groups in total. The summed E-state index contributed by atoms with van der Waals surface area (Å²) >= 11 is 5.59. The quantitative estimate of drug-likeness (QED) is 0.572. The van der Waals surface area contributed by atoms with Crippen molar-refractivity contribution in [2.45, 2.75) is 25.8 Å². The van der Waals surface area contributed by atoms with Crippen LogP contribution in [0.3, 0.4) is 0 Å². The normalized spacial score (nSPS) is 10.3. The number of aromatic nitrogens is 1. The van der Waals surface area contributed by atoms with Gasteiger partial charge in [0.1, 0.15) is 5.69 Å². The SMILES string of the molecule is CC(C)OC(=O)c1ccc(CCl)cn1. The Bertz CT molecular complexity index is 308. The zero-order valence-corrected chi connectivity index (χ0v) is 8.91. The van der Waals surface area contributed by atoms with Gasteiger partial charge in [-0.25, -0.2) is 9.78 Å². The molecule has 0 saturated carbocycles. The first-order valence-corrected chi connectivity index (χ1v) is 4.89. The van der Waals surface area contributed by atoms with Gasteiger partial charge < -0.3 is 4.74 Å². The number of carbonyl (C=O) groups excluding carboxylic acids is 1. The lowest BCUT2D eigenvalue weighted by Crippen LogP contribution is -2.12. The first-order valence-electron chi connectivity index (χ1n) is 4.35. The molecule has 76 valence electrons. The highest BCUT2D eigenvalue weighted by molar-refractivity contribution is 6.17. The number of ether oxygens (including phenoxy) is 1. The van der Waals surface area contributed by atoms with E-state index in [1.807, 2.05) is 0 Å². The van der Waals surface area contributed by atoms with Crippen LogP contribution < -0.4 is 0 Å². The van der Waals surface area contributed by atoms with E-state index in [1.54, 1.807) is 32.2 Å². The smallest absolute Gasteiger partial charge is 0.357 e. The molecule has 0 atom stereocenters. The van der Waals surface area contributed by atoms with Crippen LogP contribution in [0.5, 0.6) is 0 Å². The third-order valence-corrected chi connectivity index (χ3v) is 1.84. The highest BCUT2D eigenvalue weighted by Crippen LogP contribution is 2.05. The minimum absolute atomic E-state index is 0.128. The lowest BCUT2D eigenvalue weighted by atomic mass is 10.3. The first-order chi connectivity index (χ1) is 6.63. The third kappa shape index (κ3) is 3.00. The van der Waals surface area contributed by atoms with Gasteiger partial charge in [0.15, 0.2) is 0 Å². The Morgan fingerprint density at radius 2 is 2.29 bits per heavy atom. The molecule has 1 rings (SSSR count). The van der Waals surface area contributed by atoms with Crippen LogP contribution in [0.1, 0.15) is 29.9 Å². The van der Waals surface area contributed by atoms with Crippen LogP contribution in [-0.4, -0.2) is 17.1 Å². The van der Waals surface area contributed by atoms with E-state index in [0.29, 0.717) is 11.6 Å². The van der Waals surface area contributed by atoms with Crippen LogP contribution in [0.4, 0.5) is 0 Å². The highest BCUT2D eigenvalue weighted by atomic mass is 35.5. The van der Waals surface area contributed by atoms with Crippen LogP contribution >= 0.6 is 11.6 Å². The number of alkyl halides is 1. The molecular formula is C10H12ClNO2. The van der Waals surface area contributed by atoms with E-state index >= 15 is 0 Å². The summed E-state index contributed by atoms with van der Waals surface area (Å²) in [4.78, 5) is 15.3. The monoisotopic (exact) mass is 213 g/mol. The summed E-state index contributed by atoms with van der Waals surface area (Å²) in [6.45, 7) is 3.59. The summed E-state index contributed by atoms with van der Waals surface area (Å²) in [5, 5.41) is 0. The maximum absolute atomic E-state index is 11.3. The molecule has 0 unspecified atom stereocenters. The third-order valence-electron chi connectivity index (χ3n) is 1.53. The Morgan fingerprint density at radius 3 is 2.71 bits per heavy atom. The van der Waals surface area contributed by atoms with Crippen LogP contribution in [0.2, 0.25) is 0 Å². The van der Waals surface area contributed by atoms with Gasteiger partial charge in [0.25, 0.3) is 0 Å². The van der Waals surface area contributed by atoms with E-state index < -0.39 is 5.97 Å². The molecular weight excluding hydrogens is 202 g/mol. The summed E-state index contributed by atoms with van der Waals surface area (Å²) in [6, 6.07) is 3.37. The number of nitrogens with zero attached hydrogens (tertiary/aromatic N) is 1. The van der Waals surface area contributed by atoms with Crippen LogP contribution in [0.15, 0.2) is 18.3 Å². The standard InChI is InChI=1S/C10H12ClNO2/c1-7(2)14-10(13)9-4-3-8(5-11)6-12-9/h3-4,6-7H,5H2,1-2H3. The Labute approximate surface area is 88.1 Å². The summed E-state index contributed by atoms with van der Waals surface area (Å²) < 4.78 is 4.98. The molecule has 0 bridgehead atoms. The fraction of sp³-hybridized carbons (Fsp3) is 0.400. The molecule has 3 nitrogen and oxygen atoms in total. The number of esters is 1. The van der Waals surface area contributed by atoms with Crippen LogP contribution in [0.25, 0.3) is 0 Å². The lowest BCUT2D eigenvalue weighted by Gasteiger charge is -2.06. The molecule has 0 aliphatic heterocycles. The van der Waals surface area contributed by atoms with Gasteiger partial charge in [0.2, 0.25) is 0 Å². The summed E-state index contributed by atoms with van der Waals surface area (Å²) in [5.41, 5.74) is 1.19. The Morgan fingerprint density at radius 1 is 1.57 bits per heavy atom. The Kier molecular flexibility index (Phi) is 3.89. The van der Waals surface area contributed by atoms with E-state index in [2.05, 4.69) is 4.98 Å². The molecule has 1 aromatic heterocycles. The van der Waals surface area contributed by atoms with Crippen molar-refractivity contribution in [2.24, 2.45) is 0 Å². The van der Waals surface area contributed by atoms with Crippen molar-refractivity contribution in [3.8, 4) is 0 Å². The summed E-state index contributed by atoms with van der Waals surface area (Å²) in [5.74, 6) is -0.00639. The second kappa shape index (κ2) is 4.96. The van der Waals surface area contributed by atoms with Gasteiger partial charge in [0.05, 0.1) is 6.10 Å². The topological polar surface area (TPSA) is 39.2 Å². The van der Waals surface area contributed by atoms with Crippen LogP contribution in [0, 0.1) is 0 Å². The number of rotatable bonds is 3. The van der Waals surface area contributed by atoms with Gasteiger partial charge in [-0.05, 0) is 25.5 Å². The van der Waals surface area contributed by atoms with Gasteiger partial charge in [-0.2, -0.15) is 0 Å². The number of pyridine rings is 1. The summed E-state index contributed by atoms with van der Waals surface area (Å²) in [6.07, 6.45) is 1.45. The second-order valence-electron chi connectivity index (χ2n) is 3.14. The average molecular weight is 214 g/mol.